The Balaban J connectivity index is 1.46. The molecule has 0 spiro atoms. The van der Waals surface area contributed by atoms with Gasteiger partial charge in [0.2, 0.25) is 5.91 Å². The second-order valence-electron chi connectivity index (χ2n) is 6.70. The van der Waals surface area contributed by atoms with E-state index in [-0.39, 0.29) is 5.91 Å². The average molecular weight is 407 g/mol. The highest BCUT2D eigenvalue weighted by molar-refractivity contribution is 7.15. The number of rotatable bonds is 8. The summed E-state index contributed by atoms with van der Waals surface area (Å²) < 4.78 is 5.31. The summed E-state index contributed by atoms with van der Waals surface area (Å²) in [4.78, 5) is 19.2. The molecule has 27 heavy (non-hydrogen) atoms. The number of ether oxygens (including phenoxy) is 1. The summed E-state index contributed by atoms with van der Waals surface area (Å²) in [6, 6.07) is 12.3. The van der Waals surface area contributed by atoms with E-state index in [1.165, 1.54) is 9.75 Å². The smallest absolute Gasteiger partial charge is 0.222 e. The maximum absolute atomic E-state index is 12.3. The number of hydrogen-bond donors (Lipinski definition) is 0. The molecule has 0 atom stereocenters. The first-order valence-corrected chi connectivity index (χ1v) is 10.8. The van der Waals surface area contributed by atoms with E-state index in [9.17, 15) is 4.79 Å². The lowest BCUT2D eigenvalue weighted by Crippen LogP contribution is -2.48. The van der Waals surface area contributed by atoms with E-state index in [2.05, 4.69) is 23.1 Å². The van der Waals surface area contributed by atoms with Gasteiger partial charge in [0, 0.05) is 72.7 Å². The fourth-order valence-corrected chi connectivity index (χ4v) is 4.66. The van der Waals surface area contributed by atoms with Crippen molar-refractivity contribution in [1.29, 1.82) is 0 Å². The van der Waals surface area contributed by atoms with Crippen molar-refractivity contribution < 1.29 is 9.53 Å². The topological polar surface area (TPSA) is 32.8 Å². The molecule has 1 saturated heterocycles. The van der Waals surface area contributed by atoms with Crippen LogP contribution in [0.4, 0.5) is 0 Å². The van der Waals surface area contributed by atoms with Crippen LogP contribution in [0.1, 0.15) is 24.6 Å². The summed E-state index contributed by atoms with van der Waals surface area (Å²) in [6.07, 6.45) is 1.40. The fraction of sp³-hybridized carbons (Fsp3) is 0.476. The van der Waals surface area contributed by atoms with E-state index in [1.54, 1.807) is 11.3 Å². The Hall–Kier alpha value is -1.40. The molecule has 2 heterocycles. The van der Waals surface area contributed by atoms with Crippen molar-refractivity contribution >= 4 is 28.8 Å². The van der Waals surface area contributed by atoms with Gasteiger partial charge >= 0.3 is 0 Å². The predicted molar refractivity (Wildman–Crippen MR) is 112 cm³/mol. The Morgan fingerprint density at radius 3 is 2.67 bits per heavy atom. The lowest BCUT2D eigenvalue weighted by Gasteiger charge is -2.34. The van der Waals surface area contributed by atoms with Gasteiger partial charge in [0.05, 0.1) is 0 Å². The third-order valence-electron chi connectivity index (χ3n) is 4.79. The summed E-state index contributed by atoms with van der Waals surface area (Å²) in [7, 11) is 0. The third-order valence-corrected chi connectivity index (χ3v) is 6.22. The Kier molecular flexibility index (Phi) is 7.70. The first-order valence-electron chi connectivity index (χ1n) is 9.59. The second-order valence-corrected chi connectivity index (χ2v) is 8.28. The first kappa shape index (κ1) is 20.3. The molecule has 0 N–H and O–H groups in total. The van der Waals surface area contributed by atoms with Crippen LogP contribution in [0.15, 0.2) is 36.4 Å². The highest BCUT2D eigenvalue weighted by Crippen LogP contribution is 2.33. The fourth-order valence-electron chi connectivity index (χ4n) is 3.27. The van der Waals surface area contributed by atoms with E-state index in [1.807, 2.05) is 30.0 Å². The summed E-state index contributed by atoms with van der Waals surface area (Å²) in [5.41, 5.74) is 1.10. The largest absolute Gasteiger partial charge is 0.382 e. The van der Waals surface area contributed by atoms with Crippen LogP contribution in [0, 0.1) is 0 Å². The molecule has 1 aliphatic rings. The molecule has 0 unspecified atom stereocenters. The van der Waals surface area contributed by atoms with Gasteiger partial charge in [-0.05, 0) is 31.5 Å². The number of hydrogen-bond acceptors (Lipinski definition) is 4. The molecule has 0 saturated carbocycles. The van der Waals surface area contributed by atoms with Gasteiger partial charge in [-0.2, -0.15) is 0 Å². The molecule has 0 aliphatic carbocycles. The normalized spacial score (nSPS) is 15.3. The van der Waals surface area contributed by atoms with Crippen LogP contribution >= 0.6 is 22.9 Å². The molecule has 0 radical (unpaired) electrons. The van der Waals surface area contributed by atoms with Crippen LogP contribution in [-0.4, -0.2) is 55.1 Å². The number of carbonyl (C=O) groups is 1. The minimum atomic E-state index is 0.256. The molecule has 2 aromatic rings. The zero-order valence-corrected chi connectivity index (χ0v) is 17.4. The Labute approximate surface area is 170 Å². The number of benzene rings is 1. The SMILES string of the molecule is CCOCCCC(=O)N1CCN(Cc2ccc(-c3ccccc3Cl)s2)CC1. The van der Waals surface area contributed by atoms with Gasteiger partial charge < -0.3 is 9.64 Å². The monoisotopic (exact) mass is 406 g/mol. The summed E-state index contributed by atoms with van der Waals surface area (Å²) in [5, 5.41) is 0.794. The van der Waals surface area contributed by atoms with E-state index < -0.39 is 0 Å². The van der Waals surface area contributed by atoms with Crippen LogP contribution in [0.25, 0.3) is 10.4 Å². The van der Waals surface area contributed by atoms with Gasteiger partial charge in [0.1, 0.15) is 0 Å². The minimum absolute atomic E-state index is 0.256. The van der Waals surface area contributed by atoms with Crippen LogP contribution in [0.3, 0.4) is 0 Å². The third kappa shape index (κ3) is 5.79. The molecule has 3 rings (SSSR count). The van der Waals surface area contributed by atoms with Crippen LogP contribution in [-0.2, 0) is 16.1 Å². The highest BCUT2D eigenvalue weighted by Gasteiger charge is 2.21. The average Bonchev–Trinajstić information content (AvgIpc) is 3.14. The number of thiophene rings is 1. The molecule has 1 aromatic carbocycles. The van der Waals surface area contributed by atoms with Crippen molar-refractivity contribution in [2.45, 2.75) is 26.3 Å². The lowest BCUT2D eigenvalue weighted by atomic mass is 10.2. The van der Waals surface area contributed by atoms with Gasteiger partial charge in [0.15, 0.2) is 0 Å². The standard InChI is InChI=1S/C21H27ClN2O2S/c1-2-26-15-5-8-21(25)24-13-11-23(12-14-24)16-17-9-10-20(27-17)18-6-3-4-7-19(18)22/h3-4,6-7,9-10H,2,5,8,11-16H2,1H3. The zero-order chi connectivity index (χ0) is 19.1. The number of piperazine rings is 1. The minimum Gasteiger partial charge on any atom is -0.382 e. The van der Waals surface area contributed by atoms with Crippen LogP contribution in [0.5, 0.6) is 0 Å². The second kappa shape index (κ2) is 10.2. The summed E-state index contributed by atoms with van der Waals surface area (Å²) in [5.74, 6) is 0.256. The predicted octanol–water partition coefficient (Wildman–Crippen LogP) is 4.53. The molecule has 146 valence electrons. The van der Waals surface area contributed by atoms with E-state index in [0.717, 1.165) is 49.7 Å². The number of halogens is 1. The molecule has 6 heteroatoms. The molecule has 0 bridgehead atoms. The van der Waals surface area contributed by atoms with Gasteiger partial charge in [-0.15, -0.1) is 11.3 Å². The van der Waals surface area contributed by atoms with Gasteiger partial charge in [-0.3, -0.25) is 9.69 Å². The number of amides is 1. The van der Waals surface area contributed by atoms with Crippen molar-refractivity contribution in [2.75, 3.05) is 39.4 Å². The molecular weight excluding hydrogens is 380 g/mol. The first-order chi connectivity index (χ1) is 13.2. The maximum Gasteiger partial charge on any atom is 0.222 e. The molecule has 1 aliphatic heterocycles. The maximum atomic E-state index is 12.3. The van der Waals surface area contributed by atoms with E-state index >= 15 is 0 Å². The Morgan fingerprint density at radius 1 is 1.15 bits per heavy atom. The molecule has 1 fully saturated rings. The Bertz CT molecular complexity index is 741. The quantitative estimate of drug-likeness (QED) is 0.604. The van der Waals surface area contributed by atoms with Crippen molar-refractivity contribution in [1.82, 2.24) is 9.80 Å². The molecular formula is C21H27ClN2O2S. The lowest BCUT2D eigenvalue weighted by molar-refractivity contribution is -0.133. The van der Waals surface area contributed by atoms with Gasteiger partial charge in [-0.25, -0.2) is 0 Å². The molecule has 1 amide bonds. The zero-order valence-electron chi connectivity index (χ0n) is 15.8. The van der Waals surface area contributed by atoms with Crippen molar-refractivity contribution in [3.63, 3.8) is 0 Å². The van der Waals surface area contributed by atoms with Gasteiger partial charge in [0.25, 0.3) is 0 Å². The van der Waals surface area contributed by atoms with Crippen molar-refractivity contribution in [3.05, 3.63) is 46.3 Å². The van der Waals surface area contributed by atoms with E-state index in [4.69, 9.17) is 16.3 Å². The molecule has 4 nitrogen and oxygen atoms in total. The Morgan fingerprint density at radius 2 is 1.93 bits per heavy atom. The highest BCUT2D eigenvalue weighted by atomic mass is 35.5. The van der Waals surface area contributed by atoms with Crippen molar-refractivity contribution in [3.8, 4) is 10.4 Å². The summed E-state index contributed by atoms with van der Waals surface area (Å²) in [6.45, 7) is 7.79. The van der Waals surface area contributed by atoms with Gasteiger partial charge in [-0.1, -0.05) is 29.8 Å². The van der Waals surface area contributed by atoms with Crippen LogP contribution < -0.4 is 0 Å². The molecule has 1 aromatic heterocycles. The number of carbonyl (C=O) groups excluding carboxylic acids is 1. The summed E-state index contributed by atoms with van der Waals surface area (Å²) >= 11 is 8.11. The van der Waals surface area contributed by atoms with E-state index in [0.29, 0.717) is 19.6 Å². The van der Waals surface area contributed by atoms with Crippen molar-refractivity contribution in [2.24, 2.45) is 0 Å². The number of nitrogens with zero attached hydrogens (tertiary/aromatic N) is 2. The van der Waals surface area contributed by atoms with Crippen LogP contribution in [0.2, 0.25) is 5.02 Å².